The average Bonchev–Trinajstić information content (AvgIpc) is 2.07. The van der Waals surface area contributed by atoms with Crippen LogP contribution in [-0.4, -0.2) is 30.8 Å². The zero-order valence-electron chi connectivity index (χ0n) is 8.64. The second-order valence-corrected chi connectivity index (χ2v) is 2.83. The molecule has 3 heteroatoms. The molecule has 0 saturated carbocycles. The quantitative estimate of drug-likeness (QED) is 0.541. The number of nitrogens with two attached hydrogens (primary N) is 1. The molecule has 0 rings (SSSR count). The Morgan fingerprint density at radius 3 is 1.75 bits per heavy atom. The molecule has 0 amide bonds. The molecular formula is C9H24N2O. The number of aliphatic hydroxyl groups is 1. The molecule has 76 valence electrons. The zero-order chi connectivity index (χ0) is 9.82. The van der Waals surface area contributed by atoms with E-state index in [9.17, 15) is 0 Å². The van der Waals surface area contributed by atoms with E-state index >= 15 is 0 Å². The van der Waals surface area contributed by atoms with E-state index < -0.39 is 0 Å². The Hall–Kier alpha value is -0.120. The van der Waals surface area contributed by atoms with Crippen LogP contribution in [0.25, 0.3) is 0 Å². The van der Waals surface area contributed by atoms with Gasteiger partial charge in [0.2, 0.25) is 0 Å². The molecule has 0 fully saturated rings. The molecule has 0 saturated heterocycles. The molecule has 0 radical (unpaired) electrons. The van der Waals surface area contributed by atoms with E-state index in [0.29, 0.717) is 6.54 Å². The van der Waals surface area contributed by atoms with E-state index in [2.05, 4.69) is 19.2 Å². The van der Waals surface area contributed by atoms with E-state index in [4.69, 9.17) is 10.8 Å². The largest absolute Gasteiger partial charge is 0.392 e. The van der Waals surface area contributed by atoms with Crippen LogP contribution >= 0.6 is 0 Å². The van der Waals surface area contributed by atoms with Crippen molar-refractivity contribution in [1.29, 1.82) is 0 Å². The van der Waals surface area contributed by atoms with Crippen LogP contribution in [0.3, 0.4) is 0 Å². The van der Waals surface area contributed by atoms with Gasteiger partial charge in [-0.3, -0.25) is 0 Å². The highest BCUT2D eigenvalue weighted by atomic mass is 16.3. The lowest BCUT2D eigenvalue weighted by Crippen LogP contribution is -2.14. The van der Waals surface area contributed by atoms with Crippen molar-refractivity contribution in [2.24, 2.45) is 5.73 Å². The fourth-order valence-electron chi connectivity index (χ4n) is 0.479. The maximum atomic E-state index is 8.24. The predicted octanol–water partition coefficient (Wildman–Crippen LogP) is 0.722. The highest BCUT2D eigenvalue weighted by molar-refractivity contribution is 4.40. The van der Waals surface area contributed by atoms with Crippen molar-refractivity contribution in [2.45, 2.75) is 39.7 Å². The van der Waals surface area contributed by atoms with E-state index in [1.807, 2.05) is 0 Å². The molecule has 0 aromatic carbocycles. The first kappa shape index (κ1) is 14.4. The molecule has 4 N–H and O–H groups in total. The number of hydrogen-bond acceptors (Lipinski definition) is 3. The second kappa shape index (κ2) is 13.5. The number of aliphatic hydroxyl groups excluding tert-OH is 1. The van der Waals surface area contributed by atoms with Gasteiger partial charge in [-0.2, -0.15) is 0 Å². The van der Waals surface area contributed by atoms with Crippen molar-refractivity contribution in [2.75, 3.05) is 19.6 Å². The molecule has 0 aliphatic heterocycles. The Morgan fingerprint density at radius 1 is 1.25 bits per heavy atom. The van der Waals surface area contributed by atoms with Crippen molar-refractivity contribution in [3.05, 3.63) is 0 Å². The number of nitrogens with one attached hydrogen (secondary N) is 1. The van der Waals surface area contributed by atoms with Crippen LogP contribution in [0.2, 0.25) is 0 Å². The SMILES string of the molecule is CC(O)CN.CCCNCCC. The summed E-state index contributed by atoms with van der Waals surface area (Å²) in [7, 11) is 0. The number of rotatable bonds is 5. The topological polar surface area (TPSA) is 58.3 Å². The van der Waals surface area contributed by atoms with Gasteiger partial charge in [-0.05, 0) is 32.9 Å². The van der Waals surface area contributed by atoms with Gasteiger partial charge in [0.1, 0.15) is 0 Å². The Kier molecular flexibility index (Phi) is 16.2. The lowest BCUT2D eigenvalue weighted by atomic mass is 10.4. The first-order valence-corrected chi connectivity index (χ1v) is 4.77. The first-order valence-electron chi connectivity index (χ1n) is 4.77. The lowest BCUT2D eigenvalue weighted by Gasteiger charge is -1.95. The molecule has 0 bridgehead atoms. The van der Waals surface area contributed by atoms with Crippen LogP contribution in [-0.2, 0) is 0 Å². The van der Waals surface area contributed by atoms with Crippen molar-refractivity contribution >= 4 is 0 Å². The van der Waals surface area contributed by atoms with E-state index in [-0.39, 0.29) is 6.10 Å². The molecule has 0 aromatic heterocycles. The van der Waals surface area contributed by atoms with Crippen LogP contribution in [0, 0.1) is 0 Å². The number of hydrogen-bond donors (Lipinski definition) is 3. The molecule has 3 nitrogen and oxygen atoms in total. The van der Waals surface area contributed by atoms with E-state index in [1.54, 1.807) is 6.92 Å². The minimum atomic E-state index is -0.338. The van der Waals surface area contributed by atoms with E-state index in [0.717, 1.165) is 0 Å². The highest BCUT2D eigenvalue weighted by Crippen LogP contribution is 1.71. The van der Waals surface area contributed by atoms with Crippen molar-refractivity contribution in [3.63, 3.8) is 0 Å². The second-order valence-electron chi connectivity index (χ2n) is 2.83. The predicted molar refractivity (Wildman–Crippen MR) is 54.2 cm³/mol. The van der Waals surface area contributed by atoms with E-state index in [1.165, 1.54) is 25.9 Å². The third kappa shape index (κ3) is 22.5. The molecule has 0 aliphatic rings. The molecular weight excluding hydrogens is 152 g/mol. The average molecular weight is 176 g/mol. The molecule has 1 atom stereocenters. The van der Waals surface area contributed by atoms with Gasteiger partial charge >= 0.3 is 0 Å². The Bertz CT molecular complexity index is 63.5. The summed E-state index contributed by atoms with van der Waals surface area (Å²) in [6, 6.07) is 0. The third-order valence-electron chi connectivity index (χ3n) is 1.19. The van der Waals surface area contributed by atoms with Gasteiger partial charge in [-0.1, -0.05) is 13.8 Å². The van der Waals surface area contributed by atoms with Crippen molar-refractivity contribution in [1.82, 2.24) is 5.32 Å². The molecule has 0 heterocycles. The lowest BCUT2D eigenvalue weighted by molar-refractivity contribution is 0.203. The van der Waals surface area contributed by atoms with Gasteiger partial charge in [-0.15, -0.1) is 0 Å². The summed E-state index contributed by atoms with van der Waals surface area (Å²) in [5, 5.41) is 11.5. The van der Waals surface area contributed by atoms with Gasteiger partial charge in [0.15, 0.2) is 0 Å². The van der Waals surface area contributed by atoms with Gasteiger partial charge in [0.25, 0.3) is 0 Å². The summed E-state index contributed by atoms with van der Waals surface area (Å²) in [4.78, 5) is 0. The Morgan fingerprint density at radius 2 is 1.58 bits per heavy atom. The maximum absolute atomic E-state index is 8.24. The molecule has 0 aliphatic carbocycles. The third-order valence-corrected chi connectivity index (χ3v) is 1.19. The molecule has 0 spiro atoms. The fraction of sp³-hybridized carbons (Fsp3) is 1.00. The van der Waals surface area contributed by atoms with Gasteiger partial charge < -0.3 is 16.2 Å². The van der Waals surface area contributed by atoms with Crippen LogP contribution in [0.5, 0.6) is 0 Å². The van der Waals surface area contributed by atoms with Gasteiger partial charge in [0, 0.05) is 6.54 Å². The smallest absolute Gasteiger partial charge is 0.0634 e. The van der Waals surface area contributed by atoms with Crippen LogP contribution in [0.1, 0.15) is 33.6 Å². The van der Waals surface area contributed by atoms with Crippen LogP contribution in [0.15, 0.2) is 0 Å². The van der Waals surface area contributed by atoms with Gasteiger partial charge in [-0.25, -0.2) is 0 Å². The minimum Gasteiger partial charge on any atom is -0.392 e. The summed E-state index contributed by atoms with van der Waals surface area (Å²) in [6.07, 6.45) is 2.16. The molecule has 0 aromatic rings. The maximum Gasteiger partial charge on any atom is 0.0634 e. The Balaban J connectivity index is 0. The van der Waals surface area contributed by atoms with Crippen LogP contribution in [0.4, 0.5) is 0 Å². The molecule has 12 heavy (non-hydrogen) atoms. The summed E-state index contributed by atoms with van der Waals surface area (Å²) >= 11 is 0. The standard InChI is InChI=1S/C6H15N.C3H9NO/c1-3-5-7-6-4-2;1-3(5)2-4/h7H,3-6H2,1-2H3;3,5H,2,4H2,1H3. The highest BCUT2D eigenvalue weighted by Gasteiger charge is 1.81. The zero-order valence-corrected chi connectivity index (χ0v) is 8.64. The Labute approximate surface area is 76.3 Å². The summed E-state index contributed by atoms with van der Waals surface area (Å²) in [5.41, 5.74) is 4.92. The summed E-state index contributed by atoms with van der Waals surface area (Å²) in [5.74, 6) is 0. The monoisotopic (exact) mass is 176 g/mol. The minimum absolute atomic E-state index is 0.338. The fourth-order valence-corrected chi connectivity index (χ4v) is 0.479. The summed E-state index contributed by atoms with van der Waals surface area (Å²) < 4.78 is 0. The first-order chi connectivity index (χ1) is 5.68. The van der Waals surface area contributed by atoms with Gasteiger partial charge in [0.05, 0.1) is 6.10 Å². The van der Waals surface area contributed by atoms with Crippen LogP contribution < -0.4 is 11.1 Å². The normalized spacial score (nSPS) is 11.8. The summed E-state index contributed by atoms with van der Waals surface area (Å²) in [6.45, 7) is 8.73. The van der Waals surface area contributed by atoms with Crippen molar-refractivity contribution in [3.8, 4) is 0 Å². The molecule has 1 unspecified atom stereocenters. The van der Waals surface area contributed by atoms with Crippen molar-refractivity contribution < 1.29 is 5.11 Å².